The second kappa shape index (κ2) is 4.64. The summed E-state index contributed by atoms with van der Waals surface area (Å²) >= 11 is 0. The summed E-state index contributed by atoms with van der Waals surface area (Å²) in [6.45, 7) is 0.450. The minimum absolute atomic E-state index is 0. The molecule has 14 heavy (non-hydrogen) atoms. The Morgan fingerprint density at radius 2 is 2.14 bits per heavy atom. The fourth-order valence-corrected chi connectivity index (χ4v) is 1.61. The Balaban J connectivity index is 0.000000980. The highest BCUT2D eigenvalue weighted by Crippen LogP contribution is 2.33. The molecule has 0 radical (unpaired) electrons. The Morgan fingerprint density at radius 1 is 1.43 bits per heavy atom. The number of rotatable bonds is 1. The van der Waals surface area contributed by atoms with Gasteiger partial charge >= 0.3 is 0 Å². The van der Waals surface area contributed by atoms with Gasteiger partial charge in [-0.15, -0.1) is 12.4 Å². The third-order valence-electron chi connectivity index (χ3n) is 2.32. The first-order chi connectivity index (χ1) is 6.31. The summed E-state index contributed by atoms with van der Waals surface area (Å²) < 4.78 is 5.57. The summed E-state index contributed by atoms with van der Waals surface area (Å²) in [5.41, 5.74) is 6.35. The molecule has 1 aliphatic rings. The van der Waals surface area contributed by atoms with Crippen molar-refractivity contribution in [2.24, 2.45) is 5.73 Å². The largest absolute Gasteiger partial charge is 0.489 e. The van der Waals surface area contributed by atoms with E-state index >= 15 is 0 Å². The van der Waals surface area contributed by atoms with Crippen LogP contribution >= 0.6 is 12.4 Å². The normalized spacial score (nSPS) is 24.4. The van der Waals surface area contributed by atoms with Crippen molar-refractivity contribution in [2.45, 2.75) is 18.6 Å². The lowest BCUT2D eigenvalue weighted by atomic mass is 9.99. The van der Waals surface area contributed by atoms with Gasteiger partial charge in [-0.2, -0.15) is 0 Å². The molecule has 3 N–H and O–H groups in total. The van der Waals surface area contributed by atoms with Crippen LogP contribution in [0.2, 0.25) is 0 Å². The van der Waals surface area contributed by atoms with Gasteiger partial charge < -0.3 is 15.6 Å². The molecular weight excluding hydrogens is 202 g/mol. The van der Waals surface area contributed by atoms with E-state index in [9.17, 15) is 5.11 Å². The Kier molecular flexibility index (Phi) is 3.75. The van der Waals surface area contributed by atoms with Crippen molar-refractivity contribution in [2.75, 3.05) is 6.54 Å². The zero-order valence-electron chi connectivity index (χ0n) is 7.72. The molecule has 78 valence electrons. The number of fused-ring (bicyclic) bond motifs is 1. The van der Waals surface area contributed by atoms with Crippen LogP contribution in [0.15, 0.2) is 24.3 Å². The van der Waals surface area contributed by atoms with E-state index in [1.54, 1.807) is 0 Å². The molecule has 0 saturated heterocycles. The molecule has 1 aliphatic heterocycles. The first-order valence-corrected chi connectivity index (χ1v) is 4.45. The van der Waals surface area contributed by atoms with Crippen molar-refractivity contribution >= 4 is 12.4 Å². The minimum Gasteiger partial charge on any atom is -0.489 e. The Hall–Kier alpha value is -0.770. The second-order valence-electron chi connectivity index (χ2n) is 3.26. The Bertz CT molecular complexity index is 306. The molecule has 0 aliphatic carbocycles. The number of aliphatic hydroxyl groups excluding tert-OH is 1. The predicted molar refractivity (Wildman–Crippen MR) is 56.7 cm³/mol. The van der Waals surface area contributed by atoms with E-state index in [-0.39, 0.29) is 18.5 Å². The molecule has 1 unspecified atom stereocenters. The van der Waals surface area contributed by atoms with Gasteiger partial charge in [0.05, 0.1) is 6.10 Å². The molecule has 0 spiro atoms. The minimum atomic E-state index is -0.432. The van der Waals surface area contributed by atoms with E-state index in [0.29, 0.717) is 13.0 Å². The number of hydrogen-bond acceptors (Lipinski definition) is 3. The molecule has 2 rings (SSSR count). The monoisotopic (exact) mass is 215 g/mol. The highest BCUT2D eigenvalue weighted by molar-refractivity contribution is 5.85. The van der Waals surface area contributed by atoms with Gasteiger partial charge in [0, 0.05) is 18.5 Å². The lowest BCUT2D eigenvalue weighted by Gasteiger charge is -2.28. The van der Waals surface area contributed by atoms with E-state index in [4.69, 9.17) is 10.5 Å². The van der Waals surface area contributed by atoms with Gasteiger partial charge in [0.2, 0.25) is 0 Å². The quantitative estimate of drug-likeness (QED) is 0.742. The van der Waals surface area contributed by atoms with Crippen LogP contribution in [0.3, 0.4) is 0 Å². The van der Waals surface area contributed by atoms with Crippen LogP contribution in [0, 0.1) is 0 Å². The molecule has 4 heteroatoms. The van der Waals surface area contributed by atoms with Gasteiger partial charge in [0.15, 0.2) is 0 Å². The highest BCUT2D eigenvalue weighted by Gasteiger charge is 2.25. The van der Waals surface area contributed by atoms with Gasteiger partial charge in [0.25, 0.3) is 0 Å². The van der Waals surface area contributed by atoms with Crippen molar-refractivity contribution in [3.8, 4) is 5.75 Å². The van der Waals surface area contributed by atoms with Crippen molar-refractivity contribution in [3.63, 3.8) is 0 Å². The fourth-order valence-electron chi connectivity index (χ4n) is 1.61. The highest BCUT2D eigenvalue weighted by atomic mass is 35.5. The van der Waals surface area contributed by atoms with E-state index in [1.807, 2.05) is 24.3 Å². The number of aliphatic hydroxyl groups is 1. The molecule has 2 atom stereocenters. The first-order valence-electron chi connectivity index (χ1n) is 4.45. The van der Waals surface area contributed by atoms with Crippen LogP contribution in [0.5, 0.6) is 5.75 Å². The van der Waals surface area contributed by atoms with Crippen LogP contribution in [0.1, 0.15) is 18.1 Å². The standard InChI is InChI=1S/C10H13NO2.ClH/c11-6-7-5-9(12)8-3-1-2-4-10(8)13-7;/h1-4,7,9,12H,5-6,11H2;1H/t7-,9?;/m1./s1. The average molecular weight is 216 g/mol. The number of benzene rings is 1. The maximum atomic E-state index is 9.73. The number of nitrogens with two attached hydrogens (primary N) is 1. The maximum absolute atomic E-state index is 9.73. The van der Waals surface area contributed by atoms with Gasteiger partial charge in [-0.05, 0) is 6.07 Å². The summed E-state index contributed by atoms with van der Waals surface area (Å²) in [5.74, 6) is 0.761. The van der Waals surface area contributed by atoms with Crippen molar-refractivity contribution in [1.82, 2.24) is 0 Å². The molecule has 1 aromatic rings. The molecule has 0 fully saturated rings. The summed E-state index contributed by atoms with van der Waals surface area (Å²) in [5, 5.41) is 9.73. The summed E-state index contributed by atoms with van der Waals surface area (Å²) in [4.78, 5) is 0. The molecule has 0 amide bonds. The van der Waals surface area contributed by atoms with E-state index in [0.717, 1.165) is 11.3 Å². The van der Waals surface area contributed by atoms with Gasteiger partial charge in [-0.1, -0.05) is 18.2 Å². The van der Waals surface area contributed by atoms with Crippen LogP contribution < -0.4 is 10.5 Å². The molecule has 0 saturated carbocycles. The molecule has 1 heterocycles. The molecular formula is C10H14ClNO2. The summed E-state index contributed by atoms with van der Waals surface area (Å²) in [6, 6.07) is 7.53. The van der Waals surface area contributed by atoms with Gasteiger partial charge in [-0.3, -0.25) is 0 Å². The van der Waals surface area contributed by atoms with Crippen molar-refractivity contribution in [1.29, 1.82) is 0 Å². The summed E-state index contributed by atoms with van der Waals surface area (Å²) in [7, 11) is 0. The zero-order chi connectivity index (χ0) is 9.26. The number of halogens is 1. The predicted octanol–water partition coefficient (Wildman–Crippen LogP) is 1.25. The lowest BCUT2D eigenvalue weighted by Crippen LogP contribution is -2.32. The second-order valence-corrected chi connectivity index (χ2v) is 3.26. The Labute approximate surface area is 89.3 Å². The first kappa shape index (κ1) is 11.3. The van der Waals surface area contributed by atoms with E-state index in [1.165, 1.54) is 0 Å². The third kappa shape index (κ3) is 2.00. The summed E-state index contributed by atoms with van der Waals surface area (Å²) in [6.07, 6.45) is 0.108. The SMILES string of the molecule is Cl.NC[C@H]1CC(O)c2ccccc2O1. The molecule has 3 nitrogen and oxygen atoms in total. The topological polar surface area (TPSA) is 55.5 Å². The molecule has 0 aromatic heterocycles. The maximum Gasteiger partial charge on any atom is 0.125 e. The number of hydrogen-bond donors (Lipinski definition) is 2. The van der Waals surface area contributed by atoms with E-state index in [2.05, 4.69) is 0 Å². The molecule has 1 aromatic carbocycles. The Morgan fingerprint density at radius 3 is 2.86 bits per heavy atom. The van der Waals surface area contributed by atoms with Gasteiger partial charge in [-0.25, -0.2) is 0 Å². The van der Waals surface area contributed by atoms with Crippen LogP contribution in [-0.2, 0) is 0 Å². The smallest absolute Gasteiger partial charge is 0.125 e. The van der Waals surface area contributed by atoms with Crippen LogP contribution in [0.4, 0.5) is 0 Å². The third-order valence-corrected chi connectivity index (χ3v) is 2.32. The molecule has 0 bridgehead atoms. The number of para-hydroxylation sites is 1. The van der Waals surface area contributed by atoms with Crippen molar-refractivity contribution in [3.05, 3.63) is 29.8 Å². The lowest BCUT2D eigenvalue weighted by molar-refractivity contribution is 0.0701. The average Bonchev–Trinajstić information content (AvgIpc) is 2.18. The zero-order valence-corrected chi connectivity index (χ0v) is 8.54. The number of ether oxygens (including phenoxy) is 1. The van der Waals surface area contributed by atoms with Gasteiger partial charge in [0.1, 0.15) is 11.9 Å². The van der Waals surface area contributed by atoms with E-state index < -0.39 is 6.10 Å². The fraction of sp³-hybridized carbons (Fsp3) is 0.400. The van der Waals surface area contributed by atoms with Crippen molar-refractivity contribution < 1.29 is 9.84 Å². The van der Waals surface area contributed by atoms with Crippen LogP contribution in [-0.4, -0.2) is 17.8 Å². The van der Waals surface area contributed by atoms with Crippen LogP contribution in [0.25, 0.3) is 0 Å².